The lowest BCUT2D eigenvalue weighted by Crippen LogP contribution is -2.07. The van der Waals surface area contributed by atoms with Gasteiger partial charge < -0.3 is 14.4 Å². The Hall–Kier alpha value is -1.43. The van der Waals surface area contributed by atoms with Gasteiger partial charge in [-0.25, -0.2) is 0 Å². The van der Waals surface area contributed by atoms with Crippen LogP contribution >= 0.6 is 11.8 Å². The van der Waals surface area contributed by atoms with Crippen molar-refractivity contribution in [1.29, 1.82) is 0 Å². The van der Waals surface area contributed by atoms with Crippen LogP contribution in [-0.4, -0.2) is 32.1 Å². The minimum absolute atomic E-state index is 0.266. The van der Waals surface area contributed by atoms with Crippen molar-refractivity contribution in [1.82, 2.24) is 0 Å². The molecule has 2 aromatic carbocycles. The smallest absolute Gasteiger partial charge is 0.454 e. The van der Waals surface area contributed by atoms with Crippen molar-refractivity contribution in [3.05, 3.63) is 48.0 Å². The average Bonchev–Trinajstić information content (AvgIpc) is 3.01. The minimum Gasteiger partial charge on any atom is -0.496 e. The summed E-state index contributed by atoms with van der Waals surface area (Å²) in [5, 5.41) is 9.53. The van der Waals surface area contributed by atoms with Crippen LogP contribution in [0.1, 0.15) is 11.5 Å². The third kappa shape index (κ3) is 3.17. The Balaban J connectivity index is 1.92. The number of hydrogen-bond acceptors (Lipinski definition) is 4. The monoisotopic (exact) mass is 314 g/mol. The summed E-state index contributed by atoms with van der Waals surface area (Å²) in [6.45, 7) is 0.583. The Kier molecular flexibility index (Phi) is 4.76. The third-order valence-electron chi connectivity index (χ3n) is 4.05. The highest BCUT2D eigenvalue weighted by molar-refractivity contribution is 7.98. The fraction of sp³-hybridized carbons (Fsp3) is 0.294. The molecule has 1 fully saturated rings. The zero-order chi connectivity index (χ0) is 15.5. The molecule has 0 saturated carbocycles. The first-order valence-electron chi connectivity index (χ1n) is 7.33. The van der Waals surface area contributed by atoms with E-state index in [2.05, 4.69) is 42.5 Å². The van der Waals surface area contributed by atoms with Gasteiger partial charge in [-0.3, -0.25) is 0 Å². The second-order valence-electron chi connectivity index (χ2n) is 5.42. The van der Waals surface area contributed by atoms with Crippen molar-refractivity contribution in [2.24, 2.45) is 0 Å². The molecule has 0 aliphatic carbocycles. The van der Waals surface area contributed by atoms with Crippen molar-refractivity contribution in [3.8, 4) is 16.9 Å². The van der Waals surface area contributed by atoms with E-state index < -0.39 is 7.12 Å². The molecule has 1 aliphatic heterocycles. The number of rotatable bonds is 4. The second kappa shape index (κ2) is 6.77. The van der Waals surface area contributed by atoms with Crippen LogP contribution in [0.2, 0.25) is 6.32 Å². The largest absolute Gasteiger partial charge is 0.496 e. The summed E-state index contributed by atoms with van der Waals surface area (Å²) in [4.78, 5) is 1.13. The van der Waals surface area contributed by atoms with Gasteiger partial charge in [-0.15, -0.1) is 11.8 Å². The van der Waals surface area contributed by atoms with Crippen molar-refractivity contribution in [2.45, 2.75) is 17.1 Å². The zero-order valence-corrected chi connectivity index (χ0v) is 13.6. The number of methoxy groups -OCH3 is 1. The molecule has 0 spiro atoms. The molecule has 5 heteroatoms. The Labute approximate surface area is 135 Å². The fourth-order valence-electron chi connectivity index (χ4n) is 2.83. The maximum absolute atomic E-state index is 9.53. The standard InChI is InChI=1S/C17H19BO3S/c1-20-16-9-14(6-7-17(16)22-2)12-4-3-5-13(8-12)15-10-18(19)21-11-15/h3-9,15,19H,10-11H2,1-2H3/t15-/m0/s1. The molecule has 1 aliphatic rings. The predicted molar refractivity (Wildman–Crippen MR) is 91.7 cm³/mol. The Bertz CT molecular complexity index is 662. The normalized spacial score (nSPS) is 17.8. The van der Waals surface area contributed by atoms with Crippen molar-refractivity contribution < 1.29 is 14.4 Å². The fourth-order valence-corrected chi connectivity index (χ4v) is 3.37. The lowest BCUT2D eigenvalue weighted by Gasteiger charge is -2.12. The van der Waals surface area contributed by atoms with E-state index in [9.17, 15) is 5.02 Å². The third-order valence-corrected chi connectivity index (χ3v) is 4.83. The SMILES string of the molecule is COc1cc(-c2cccc([C@@H]3COB(O)C3)c2)ccc1SC. The van der Waals surface area contributed by atoms with Crippen molar-refractivity contribution in [3.63, 3.8) is 0 Å². The summed E-state index contributed by atoms with van der Waals surface area (Å²) in [6, 6.07) is 14.7. The number of thioether (sulfide) groups is 1. The van der Waals surface area contributed by atoms with Gasteiger partial charge in [0.1, 0.15) is 5.75 Å². The van der Waals surface area contributed by atoms with Crippen LogP contribution in [0.3, 0.4) is 0 Å². The van der Waals surface area contributed by atoms with Crippen LogP contribution < -0.4 is 4.74 Å². The number of ether oxygens (including phenoxy) is 1. The average molecular weight is 314 g/mol. The molecule has 1 heterocycles. The highest BCUT2D eigenvalue weighted by atomic mass is 32.2. The molecule has 22 heavy (non-hydrogen) atoms. The minimum atomic E-state index is -0.630. The van der Waals surface area contributed by atoms with Gasteiger partial charge in [-0.2, -0.15) is 0 Å². The molecule has 0 radical (unpaired) electrons. The molecule has 3 nitrogen and oxygen atoms in total. The summed E-state index contributed by atoms with van der Waals surface area (Å²) in [5.41, 5.74) is 3.50. The summed E-state index contributed by atoms with van der Waals surface area (Å²) >= 11 is 1.68. The van der Waals surface area contributed by atoms with Crippen LogP contribution in [0.4, 0.5) is 0 Å². The van der Waals surface area contributed by atoms with Crippen molar-refractivity contribution in [2.75, 3.05) is 20.0 Å². The molecule has 1 saturated heterocycles. The van der Waals surface area contributed by atoms with E-state index in [0.29, 0.717) is 12.9 Å². The number of hydrogen-bond donors (Lipinski definition) is 1. The maximum atomic E-state index is 9.53. The predicted octanol–water partition coefficient (Wildman–Crippen LogP) is 3.68. The van der Waals surface area contributed by atoms with E-state index in [4.69, 9.17) is 9.39 Å². The van der Waals surface area contributed by atoms with Gasteiger partial charge in [-0.1, -0.05) is 30.3 Å². The van der Waals surface area contributed by atoms with E-state index in [1.807, 2.05) is 6.26 Å². The van der Waals surface area contributed by atoms with E-state index in [1.54, 1.807) is 18.9 Å². The maximum Gasteiger partial charge on any atom is 0.454 e. The van der Waals surface area contributed by atoms with Gasteiger partial charge in [-0.05, 0) is 41.4 Å². The molecule has 0 unspecified atom stereocenters. The summed E-state index contributed by atoms with van der Waals surface area (Å²) in [6.07, 6.45) is 2.71. The van der Waals surface area contributed by atoms with Gasteiger partial charge >= 0.3 is 7.12 Å². The number of benzene rings is 2. The lowest BCUT2D eigenvalue weighted by molar-refractivity contribution is 0.292. The molecule has 0 aromatic heterocycles. The molecular formula is C17H19BO3S. The van der Waals surface area contributed by atoms with E-state index in [-0.39, 0.29) is 5.92 Å². The van der Waals surface area contributed by atoms with E-state index in [0.717, 1.165) is 21.8 Å². The van der Waals surface area contributed by atoms with Crippen LogP contribution in [0.25, 0.3) is 11.1 Å². The van der Waals surface area contributed by atoms with Gasteiger partial charge in [0.15, 0.2) is 0 Å². The van der Waals surface area contributed by atoms with Crippen LogP contribution in [0.15, 0.2) is 47.4 Å². The first kappa shape index (κ1) is 15.5. The van der Waals surface area contributed by atoms with Gasteiger partial charge in [0, 0.05) is 17.4 Å². The molecule has 1 N–H and O–H groups in total. The Morgan fingerprint density at radius 3 is 2.73 bits per heavy atom. The summed E-state index contributed by atoms with van der Waals surface area (Å²) < 4.78 is 10.7. The highest BCUT2D eigenvalue weighted by Crippen LogP contribution is 2.34. The van der Waals surface area contributed by atoms with Crippen molar-refractivity contribution >= 4 is 18.9 Å². The quantitative estimate of drug-likeness (QED) is 0.690. The molecule has 114 valence electrons. The highest BCUT2D eigenvalue weighted by Gasteiger charge is 2.29. The second-order valence-corrected chi connectivity index (χ2v) is 6.26. The first-order valence-corrected chi connectivity index (χ1v) is 8.55. The van der Waals surface area contributed by atoms with Gasteiger partial charge in [0.2, 0.25) is 0 Å². The Morgan fingerprint density at radius 2 is 2.05 bits per heavy atom. The van der Waals surface area contributed by atoms with Crippen LogP contribution in [-0.2, 0) is 4.65 Å². The molecule has 0 bridgehead atoms. The molecular weight excluding hydrogens is 295 g/mol. The molecule has 1 atom stereocenters. The van der Waals surface area contributed by atoms with E-state index >= 15 is 0 Å². The lowest BCUT2D eigenvalue weighted by atomic mass is 9.79. The van der Waals surface area contributed by atoms with Crippen LogP contribution in [0.5, 0.6) is 5.75 Å². The summed E-state index contributed by atoms with van der Waals surface area (Å²) in [5.74, 6) is 1.16. The van der Waals surface area contributed by atoms with Gasteiger partial charge in [0.05, 0.1) is 7.11 Å². The van der Waals surface area contributed by atoms with Crippen LogP contribution in [0, 0.1) is 0 Å². The molecule has 3 rings (SSSR count). The van der Waals surface area contributed by atoms with Gasteiger partial charge in [0.25, 0.3) is 0 Å². The summed E-state index contributed by atoms with van der Waals surface area (Å²) in [7, 11) is 1.07. The topological polar surface area (TPSA) is 38.7 Å². The van der Waals surface area contributed by atoms with E-state index in [1.165, 1.54) is 5.56 Å². The zero-order valence-electron chi connectivity index (χ0n) is 12.8. The molecule has 2 aromatic rings. The molecule has 0 amide bonds. The first-order chi connectivity index (χ1) is 10.7. The Morgan fingerprint density at radius 1 is 1.23 bits per heavy atom.